The number of aryl methyl sites for hydroxylation is 1. The molecule has 0 radical (unpaired) electrons. The zero-order valence-corrected chi connectivity index (χ0v) is 44.6. The van der Waals surface area contributed by atoms with Gasteiger partial charge < -0.3 is 39.6 Å². The van der Waals surface area contributed by atoms with E-state index in [9.17, 15) is 9.59 Å². The third kappa shape index (κ3) is 15.1. The monoisotopic (exact) mass is 1060 g/mol. The lowest BCUT2D eigenvalue weighted by atomic mass is 10.0. The van der Waals surface area contributed by atoms with Gasteiger partial charge in [-0.2, -0.15) is 5.10 Å². The fourth-order valence-corrected chi connectivity index (χ4v) is 9.88. The molecule has 1 aliphatic heterocycles. The van der Waals surface area contributed by atoms with Gasteiger partial charge in [-0.3, -0.25) is 19.0 Å². The number of hydrogen-bond donors (Lipinski definition) is 2. The molecule has 1 atom stereocenters. The Morgan fingerprint density at radius 2 is 1.57 bits per heavy atom. The van der Waals surface area contributed by atoms with Crippen molar-refractivity contribution in [1.82, 2.24) is 39.6 Å². The topological polar surface area (TPSA) is 192 Å². The number of rotatable bonds is 26. The number of benzene rings is 4. The first-order valence-corrected chi connectivity index (χ1v) is 26.8. The molecule has 9 rings (SSSR count). The maximum Gasteiger partial charge on any atom is 0.254 e. The Kier molecular flexibility index (Phi) is 20.6. The first-order valence-electron chi connectivity index (χ1n) is 26.0. The van der Waals surface area contributed by atoms with E-state index in [1.54, 1.807) is 26.7 Å². The SMILES string of the molecule is C=CC(=O)n1c2ccc(CNCCOCCOCCOCCOCCn3cc(COc4ccc(-c5nn(-c6ccccc6)cc5/C=C/C(=O)N5CCCCC5C)cc4C)nn3)cc2c2ccc(-c3cccs3)cc21.NC=O. The van der Waals surface area contributed by atoms with Crippen LogP contribution in [-0.2, 0) is 48.2 Å². The van der Waals surface area contributed by atoms with Crippen molar-refractivity contribution in [1.29, 1.82) is 0 Å². The summed E-state index contributed by atoms with van der Waals surface area (Å²) in [5, 5.41) is 21.1. The lowest BCUT2D eigenvalue weighted by Crippen LogP contribution is -2.41. The highest BCUT2D eigenvalue weighted by Crippen LogP contribution is 2.35. The van der Waals surface area contributed by atoms with Crippen molar-refractivity contribution in [3.8, 4) is 33.1 Å². The summed E-state index contributed by atoms with van der Waals surface area (Å²) in [7, 11) is 0. The van der Waals surface area contributed by atoms with Gasteiger partial charge in [-0.15, -0.1) is 16.4 Å². The van der Waals surface area contributed by atoms with Gasteiger partial charge >= 0.3 is 0 Å². The van der Waals surface area contributed by atoms with Crippen molar-refractivity contribution in [2.75, 3.05) is 65.9 Å². The highest BCUT2D eigenvalue weighted by Gasteiger charge is 2.22. The third-order valence-corrected chi connectivity index (χ3v) is 13.9. The van der Waals surface area contributed by atoms with Crippen LogP contribution < -0.4 is 15.8 Å². The Hall–Kier alpha value is -7.58. The second-order valence-electron chi connectivity index (χ2n) is 18.4. The van der Waals surface area contributed by atoms with Crippen LogP contribution in [0.25, 0.3) is 55.3 Å². The average Bonchev–Trinajstić information content (AvgIpc) is 4.36. The van der Waals surface area contributed by atoms with E-state index in [0.717, 1.165) is 97.4 Å². The number of fused-ring (bicyclic) bond motifs is 3. The number of amides is 2. The van der Waals surface area contributed by atoms with E-state index >= 15 is 0 Å². The molecule has 18 heteroatoms. The molecule has 1 fully saturated rings. The van der Waals surface area contributed by atoms with Crippen molar-refractivity contribution in [2.24, 2.45) is 5.73 Å². The second kappa shape index (κ2) is 28.5. The fourth-order valence-electron chi connectivity index (χ4n) is 9.15. The molecule has 3 N–H and O–H groups in total. The molecule has 1 unspecified atom stereocenters. The first-order chi connectivity index (χ1) is 37.7. The maximum absolute atomic E-state index is 13.2. The van der Waals surface area contributed by atoms with Crippen molar-refractivity contribution in [2.45, 2.75) is 58.8 Å². The summed E-state index contributed by atoms with van der Waals surface area (Å²) in [5.41, 5.74) is 13.3. The number of hydrogen-bond acceptors (Lipinski definition) is 13. The predicted molar refractivity (Wildman–Crippen MR) is 301 cm³/mol. The van der Waals surface area contributed by atoms with E-state index < -0.39 is 0 Å². The quantitative estimate of drug-likeness (QED) is 0.0298. The number of aromatic nitrogens is 6. The number of likely N-dealkylation sites (tertiary alicyclic amines) is 1. The van der Waals surface area contributed by atoms with Crippen LogP contribution in [-0.4, -0.2) is 124 Å². The van der Waals surface area contributed by atoms with Gasteiger partial charge in [-0.05, 0) is 122 Å². The summed E-state index contributed by atoms with van der Waals surface area (Å²) in [6.07, 6.45) is 12.2. The van der Waals surface area contributed by atoms with Crippen LogP contribution in [0.5, 0.6) is 5.75 Å². The molecule has 2 amide bonds. The van der Waals surface area contributed by atoms with Crippen LogP contribution in [0.3, 0.4) is 0 Å². The summed E-state index contributed by atoms with van der Waals surface area (Å²) >= 11 is 1.68. The van der Waals surface area contributed by atoms with E-state index in [1.165, 1.54) is 6.08 Å². The number of nitrogens with zero attached hydrogens (tertiary/aromatic N) is 7. The van der Waals surface area contributed by atoms with Gasteiger partial charge in [0.15, 0.2) is 0 Å². The van der Waals surface area contributed by atoms with Crippen LogP contribution in [0.4, 0.5) is 0 Å². The number of nitrogens with two attached hydrogens (primary N) is 1. The van der Waals surface area contributed by atoms with Crippen LogP contribution >= 0.6 is 11.3 Å². The molecule has 0 saturated carbocycles. The summed E-state index contributed by atoms with van der Waals surface area (Å²) in [5.74, 6) is 0.622. The van der Waals surface area contributed by atoms with Crippen molar-refractivity contribution in [3.05, 3.63) is 156 Å². The van der Waals surface area contributed by atoms with Gasteiger partial charge in [0, 0.05) is 64.7 Å². The van der Waals surface area contributed by atoms with Gasteiger partial charge in [-0.1, -0.05) is 54.3 Å². The number of thiophene rings is 1. The summed E-state index contributed by atoms with van der Waals surface area (Å²) in [6.45, 7) is 14.7. The lowest BCUT2D eigenvalue weighted by molar-refractivity contribution is -0.129. The van der Waals surface area contributed by atoms with E-state index in [1.807, 2.05) is 89.6 Å². The lowest BCUT2D eigenvalue weighted by Gasteiger charge is -2.32. The molecule has 0 spiro atoms. The standard InChI is InChI=1S/C58H64N8O7S.CH3NO/c1-4-56(67)66-52-20-15-44(36-51(52)50-19-16-45(37-53(50)66)55-14-10-34-74-55)38-59-23-26-69-28-30-71-32-33-72-31-29-70-27-25-63-40-48(60-62-63)41-73-54-21-17-46(35-42(54)2)58-47(39-65(61-58)49-12-6-5-7-13-49)18-22-57(68)64-24-9-8-11-43(64)3;2-1-3/h4-7,10,12-22,34-37,39-40,43,59H,1,8-9,11,23-33,38,41H2,2-3H3;1H,(H2,2,3)/b22-18+;. The number of ether oxygens (including phenoxy) is 5. The number of carbonyl (C=O) groups excluding carboxylic acids is 3. The Labute approximate surface area is 452 Å². The second-order valence-corrected chi connectivity index (χ2v) is 19.3. The first kappa shape index (κ1) is 55.6. The van der Waals surface area contributed by atoms with Crippen molar-refractivity contribution < 1.29 is 38.1 Å². The molecule has 8 aromatic rings. The number of carbonyl (C=O) groups is 3. The number of primary amides is 1. The molecule has 1 aliphatic rings. The summed E-state index contributed by atoms with van der Waals surface area (Å²) in [4.78, 5) is 37.9. The van der Waals surface area contributed by atoms with Gasteiger partial charge in [0.1, 0.15) is 18.1 Å². The molecule has 402 valence electrons. The highest BCUT2D eigenvalue weighted by atomic mass is 32.1. The highest BCUT2D eigenvalue weighted by molar-refractivity contribution is 7.13. The smallest absolute Gasteiger partial charge is 0.254 e. The van der Waals surface area contributed by atoms with Crippen molar-refractivity contribution in [3.63, 3.8) is 0 Å². The van der Waals surface area contributed by atoms with E-state index in [2.05, 4.69) is 82.7 Å². The van der Waals surface area contributed by atoms with E-state index in [4.69, 9.17) is 33.6 Å². The van der Waals surface area contributed by atoms with E-state index in [0.29, 0.717) is 78.2 Å². The molecule has 77 heavy (non-hydrogen) atoms. The Balaban J connectivity index is 0.00000255. The summed E-state index contributed by atoms with van der Waals surface area (Å²) < 4.78 is 34.4. The molecule has 0 bridgehead atoms. The zero-order chi connectivity index (χ0) is 53.8. The van der Waals surface area contributed by atoms with Gasteiger partial charge in [-0.25, -0.2) is 9.36 Å². The Morgan fingerprint density at radius 3 is 2.30 bits per heavy atom. The minimum absolute atomic E-state index is 0.0303. The molecule has 4 aromatic carbocycles. The normalized spacial score (nSPS) is 13.5. The average molecular weight is 1060 g/mol. The number of piperidine rings is 1. The zero-order valence-electron chi connectivity index (χ0n) is 43.8. The van der Waals surface area contributed by atoms with Gasteiger partial charge in [0.25, 0.3) is 5.91 Å². The van der Waals surface area contributed by atoms with Gasteiger partial charge in [0.2, 0.25) is 12.3 Å². The Morgan fingerprint density at radius 1 is 0.818 bits per heavy atom. The van der Waals surface area contributed by atoms with Crippen LogP contribution in [0.15, 0.2) is 134 Å². The number of allylic oxidation sites excluding steroid dienone is 1. The number of para-hydroxylation sites is 1. The molecule has 1 saturated heterocycles. The third-order valence-electron chi connectivity index (χ3n) is 13.0. The fraction of sp³-hybridized carbons (Fsp3) is 0.322. The maximum atomic E-state index is 13.2. The minimum Gasteiger partial charge on any atom is -0.487 e. The number of nitrogens with one attached hydrogen (secondary N) is 1. The minimum atomic E-state index is -0.146. The van der Waals surface area contributed by atoms with Crippen LogP contribution in [0.1, 0.15) is 53.4 Å². The van der Waals surface area contributed by atoms with Crippen LogP contribution in [0, 0.1) is 6.92 Å². The molecule has 5 heterocycles. The molecule has 4 aromatic heterocycles. The molecular weight excluding hydrogens is 995 g/mol. The van der Waals surface area contributed by atoms with E-state index in [-0.39, 0.29) is 30.9 Å². The Bertz CT molecular complexity index is 3220. The van der Waals surface area contributed by atoms with Crippen LogP contribution in [0.2, 0.25) is 0 Å². The van der Waals surface area contributed by atoms with Crippen molar-refractivity contribution >= 4 is 57.4 Å². The predicted octanol–water partition coefficient (Wildman–Crippen LogP) is 9.05. The molecule has 0 aliphatic carbocycles. The largest absolute Gasteiger partial charge is 0.487 e. The van der Waals surface area contributed by atoms with Gasteiger partial charge in [0.05, 0.1) is 88.0 Å². The molecule has 17 nitrogen and oxygen atoms in total. The summed E-state index contributed by atoms with van der Waals surface area (Å²) in [6, 6.07) is 32.9. The molecular formula is C59H67N9O8S.